The van der Waals surface area contributed by atoms with Crippen molar-refractivity contribution in [3.05, 3.63) is 54.6 Å². The first kappa shape index (κ1) is 18.4. The van der Waals surface area contributed by atoms with E-state index in [0.717, 1.165) is 5.69 Å². The molecule has 2 amide bonds. The molecule has 0 bridgehead atoms. The van der Waals surface area contributed by atoms with Crippen LogP contribution in [0.3, 0.4) is 0 Å². The number of esters is 1. The molecule has 1 heterocycles. The number of ether oxygens (including phenoxy) is 2. The lowest BCUT2D eigenvalue weighted by atomic mass is 10.1. The molecule has 0 saturated carbocycles. The molecule has 1 N–H and O–H groups in total. The van der Waals surface area contributed by atoms with Crippen LogP contribution >= 0.6 is 0 Å². The maximum absolute atomic E-state index is 12.2. The summed E-state index contributed by atoms with van der Waals surface area (Å²) in [6.07, 6.45) is 0.0746. The van der Waals surface area contributed by atoms with Gasteiger partial charge in [-0.25, -0.2) is 0 Å². The summed E-state index contributed by atoms with van der Waals surface area (Å²) in [5, 5.41) is 2.63. The average molecular weight is 368 g/mol. The van der Waals surface area contributed by atoms with Crippen molar-refractivity contribution in [2.24, 2.45) is 5.92 Å². The summed E-state index contributed by atoms with van der Waals surface area (Å²) >= 11 is 0. The van der Waals surface area contributed by atoms with E-state index in [9.17, 15) is 14.4 Å². The van der Waals surface area contributed by atoms with Gasteiger partial charge in [-0.05, 0) is 24.3 Å². The van der Waals surface area contributed by atoms with Crippen molar-refractivity contribution in [3.63, 3.8) is 0 Å². The minimum absolute atomic E-state index is 0.0746. The van der Waals surface area contributed by atoms with Crippen LogP contribution in [-0.4, -0.2) is 38.0 Å². The summed E-state index contributed by atoms with van der Waals surface area (Å²) in [6, 6.07) is 16.0. The Labute approximate surface area is 156 Å². The summed E-state index contributed by atoms with van der Waals surface area (Å²) in [5.74, 6) is -1.12. The molecule has 7 heteroatoms. The molecule has 140 valence electrons. The number of hydrogen-bond donors (Lipinski definition) is 1. The lowest BCUT2D eigenvalue weighted by molar-refractivity contribution is -0.151. The van der Waals surface area contributed by atoms with Gasteiger partial charge in [-0.15, -0.1) is 0 Å². The Hall–Kier alpha value is -3.35. The maximum Gasteiger partial charge on any atom is 0.311 e. The van der Waals surface area contributed by atoms with Gasteiger partial charge in [0.15, 0.2) is 6.61 Å². The third kappa shape index (κ3) is 4.63. The van der Waals surface area contributed by atoms with Crippen LogP contribution in [0.15, 0.2) is 54.6 Å². The second-order valence-corrected chi connectivity index (χ2v) is 6.13. The van der Waals surface area contributed by atoms with Crippen LogP contribution in [0.4, 0.5) is 11.4 Å². The van der Waals surface area contributed by atoms with Gasteiger partial charge in [0, 0.05) is 30.4 Å². The lowest BCUT2D eigenvalue weighted by Gasteiger charge is -2.16. The molecule has 0 spiro atoms. The Balaban J connectivity index is 1.50. The van der Waals surface area contributed by atoms with E-state index in [2.05, 4.69) is 5.32 Å². The van der Waals surface area contributed by atoms with E-state index in [1.165, 1.54) is 7.11 Å². The summed E-state index contributed by atoms with van der Waals surface area (Å²) in [4.78, 5) is 37.9. The normalized spacial score (nSPS) is 16.1. The maximum atomic E-state index is 12.2. The highest BCUT2D eigenvalue weighted by Crippen LogP contribution is 2.25. The SMILES string of the molecule is COc1cccc(NC(=O)COC(=O)[C@H]2CC(=O)N(c3ccccc3)C2)c1. The number of methoxy groups -OCH3 is 1. The molecule has 0 unspecified atom stereocenters. The van der Waals surface area contributed by atoms with E-state index in [-0.39, 0.29) is 18.9 Å². The minimum Gasteiger partial charge on any atom is -0.497 e. The molecule has 0 aliphatic carbocycles. The number of nitrogens with one attached hydrogen (secondary N) is 1. The second-order valence-electron chi connectivity index (χ2n) is 6.13. The average Bonchev–Trinajstić information content (AvgIpc) is 3.08. The largest absolute Gasteiger partial charge is 0.497 e. The standard InChI is InChI=1S/C20H20N2O5/c1-26-17-9-5-6-15(11-17)21-18(23)13-27-20(25)14-10-19(24)22(12-14)16-7-3-2-4-8-16/h2-9,11,14H,10,12-13H2,1H3,(H,21,23)/t14-/m0/s1. The molecule has 1 fully saturated rings. The van der Waals surface area contributed by atoms with E-state index in [1.807, 2.05) is 30.3 Å². The number of benzene rings is 2. The lowest BCUT2D eigenvalue weighted by Crippen LogP contribution is -2.28. The van der Waals surface area contributed by atoms with Gasteiger partial charge in [-0.1, -0.05) is 24.3 Å². The first-order chi connectivity index (χ1) is 13.1. The van der Waals surface area contributed by atoms with Crippen molar-refractivity contribution in [2.75, 3.05) is 30.5 Å². The van der Waals surface area contributed by atoms with Gasteiger partial charge >= 0.3 is 5.97 Å². The molecule has 1 saturated heterocycles. The minimum atomic E-state index is -0.581. The van der Waals surface area contributed by atoms with E-state index < -0.39 is 24.4 Å². The number of carbonyl (C=O) groups excluding carboxylic acids is 3. The fourth-order valence-electron chi connectivity index (χ4n) is 2.88. The van der Waals surface area contributed by atoms with Crippen LogP contribution in [-0.2, 0) is 19.1 Å². The fourth-order valence-corrected chi connectivity index (χ4v) is 2.88. The predicted molar refractivity (Wildman–Crippen MR) is 99.5 cm³/mol. The van der Waals surface area contributed by atoms with Crippen LogP contribution in [0.5, 0.6) is 5.75 Å². The molecule has 1 aliphatic heterocycles. The van der Waals surface area contributed by atoms with Crippen LogP contribution in [0.2, 0.25) is 0 Å². The molecule has 1 atom stereocenters. The molecule has 1 aliphatic rings. The molecule has 2 aromatic rings. The molecule has 3 rings (SSSR count). The fraction of sp³-hybridized carbons (Fsp3) is 0.250. The molecular formula is C20H20N2O5. The number of amides is 2. The van der Waals surface area contributed by atoms with Gasteiger partial charge in [0.25, 0.3) is 5.91 Å². The summed E-state index contributed by atoms with van der Waals surface area (Å²) < 4.78 is 10.2. The second kappa shape index (κ2) is 8.35. The van der Waals surface area contributed by atoms with Gasteiger partial charge in [0.1, 0.15) is 5.75 Å². The number of rotatable bonds is 6. The van der Waals surface area contributed by atoms with E-state index in [1.54, 1.807) is 29.2 Å². The Morgan fingerprint density at radius 1 is 1.15 bits per heavy atom. The van der Waals surface area contributed by atoms with Gasteiger partial charge in [-0.3, -0.25) is 14.4 Å². The van der Waals surface area contributed by atoms with E-state index in [0.29, 0.717) is 11.4 Å². The smallest absolute Gasteiger partial charge is 0.311 e. The highest BCUT2D eigenvalue weighted by Gasteiger charge is 2.36. The van der Waals surface area contributed by atoms with Crippen molar-refractivity contribution in [2.45, 2.75) is 6.42 Å². The highest BCUT2D eigenvalue weighted by molar-refractivity contribution is 6.00. The molecule has 7 nitrogen and oxygen atoms in total. The van der Waals surface area contributed by atoms with E-state index >= 15 is 0 Å². The zero-order chi connectivity index (χ0) is 19.2. The highest BCUT2D eigenvalue weighted by atomic mass is 16.5. The number of nitrogens with zero attached hydrogens (tertiary/aromatic N) is 1. The molecule has 0 radical (unpaired) electrons. The topological polar surface area (TPSA) is 84.9 Å². The van der Waals surface area contributed by atoms with Crippen molar-refractivity contribution < 1.29 is 23.9 Å². The summed E-state index contributed by atoms with van der Waals surface area (Å²) in [6.45, 7) is -0.161. The predicted octanol–water partition coefficient (Wildman–Crippen LogP) is 2.23. The third-order valence-electron chi connectivity index (χ3n) is 4.23. The Morgan fingerprint density at radius 2 is 1.93 bits per heavy atom. The quantitative estimate of drug-likeness (QED) is 0.791. The van der Waals surface area contributed by atoms with Crippen LogP contribution in [0.25, 0.3) is 0 Å². The Bertz CT molecular complexity index is 837. The van der Waals surface area contributed by atoms with Crippen molar-refractivity contribution >= 4 is 29.2 Å². The Kier molecular flexibility index (Phi) is 5.71. The van der Waals surface area contributed by atoms with Gasteiger partial charge in [0.2, 0.25) is 5.91 Å². The molecule has 0 aromatic heterocycles. The number of anilines is 2. The molecule has 27 heavy (non-hydrogen) atoms. The van der Waals surface area contributed by atoms with Crippen molar-refractivity contribution in [1.29, 1.82) is 0 Å². The first-order valence-electron chi connectivity index (χ1n) is 8.53. The summed E-state index contributed by atoms with van der Waals surface area (Å²) in [7, 11) is 1.53. The number of hydrogen-bond acceptors (Lipinski definition) is 5. The van der Waals surface area contributed by atoms with Crippen LogP contribution < -0.4 is 15.0 Å². The van der Waals surface area contributed by atoms with Gasteiger partial charge < -0.3 is 19.7 Å². The zero-order valence-corrected chi connectivity index (χ0v) is 14.9. The van der Waals surface area contributed by atoms with Crippen LogP contribution in [0.1, 0.15) is 6.42 Å². The number of para-hydroxylation sites is 1. The molecular weight excluding hydrogens is 348 g/mol. The van der Waals surface area contributed by atoms with E-state index in [4.69, 9.17) is 9.47 Å². The van der Waals surface area contributed by atoms with Crippen LogP contribution in [0, 0.1) is 5.92 Å². The van der Waals surface area contributed by atoms with Crippen molar-refractivity contribution in [3.8, 4) is 5.75 Å². The zero-order valence-electron chi connectivity index (χ0n) is 14.9. The monoisotopic (exact) mass is 368 g/mol. The van der Waals surface area contributed by atoms with Gasteiger partial charge in [0.05, 0.1) is 13.0 Å². The summed E-state index contributed by atoms with van der Waals surface area (Å²) in [5.41, 5.74) is 1.29. The van der Waals surface area contributed by atoms with Crippen molar-refractivity contribution in [1.82, 2.24) is 0 Å². The van der Waals surface area contributed by atoms with Gasteiger partial charge in [-0.2, -0.15) is 0 Å². The Morgan fingerprint density at radius 3 is 2.67 bits per heavy atom. The third-order valence-corrected chi connectivity index (χ3v) is 4.23. The first-order valence-corrected chi connectivity index (χ1v) is 8.53. The molecule has 2 aromatic carbocycles. The number of carbonyl (C=O) groups is 3.